The highest BCUT2D eigenvalue weighted by Crippen LogP contribution is 2.37. The third-order valence-corrected chi connectivity index (χ3v) is 6.17. The van der Waals surface area contributed by atoms with Crippen LogP contribution in [0, 0.1) is 6.92 Å². The number of hydrogen-bond acceptors (Lipinski definition) is 2. The van der Waals surface area contributed by atoms with E-state index in [1.807, 2.05) is 0 Å². The van der Waals surface area contributed by atoms with E-state index in [1.54, 1.807) is 0 Å². The smallest absolute Gasteiger partial charge is 0.0947 e. The predicted molar refractivity (Wildman–Crippen MR) is 133 cm³/mol. The first-order valence-electron chi connectivity index (χ1n) is 11.9. The molecule has 0 aliphatic carbocycles. The van der Waals surface area contributed by atoms with E-state index in [0.29, 0.717) is 0 Å². The first-order valence-corrected chi connectivity index (χ1v) is 11.9. The zero-order valence-corrected chi connectivity index (χ0v) is 19.0. The van der Waals surface area contributed by atoms with Gasteiger partial charge in [-0.15, -0.1) is 0 Å². The van der Waals surface area contributed by atoms with Crippen molar-refractivity contribution in [1.82, 2.24) is 5.32 Å². The third-order valence-electron chi connectivity index (χ3n) is 6.17. The molecule has 0 heterocycles. The summed E-state index contributed by atoms with van der Waals surface area (Å²) in [6.07, 6.45) is 8.82. The molecule has 0 unspecified atom stereocenters. The summed E-state index contributed by atoms with van der Waals surface area (Å²) in [5.41, 5.74) is 10.4. The van der Waals surface area contributed by atoms with Crippen molar-refractivity contribution in [3.05, 3.63) is 107 Å². The summed E-state index contributed by atoms with van der Waals surface area (Å²) in [7, 11) is 0. The average molecular weight is 415 g/mol. The van der Waals surface area contributed by atoms with Crippen LogP contribution in [0.4, 0.5) is 0 Å². The molecule has 0 saturated carbocycles. The van der Waals surface area contributed by atoms with Gasteiger partial charge < -0.3 is 5.73 Å². The number of rotatable bonds is 13. The fourth-order valence-corrected chi connectivity index (χ4v) is 4.42. The van der Waals surface area contributed by atoms with Crippen LogP contribution in [0.3, 0.4) is 0 Å². The molecule has 3 aromatic rings. The van der Waals surface area contributed by atoms with Crippen LogP contribution in [0.25, 0.3) is 0 Å². The standard InChI is InChI=1S/C29H38N2/c1-25-19-21-28(22-20-25)29(26-15-9-7-10-16-26,27-17-11-8-12-18-27)31-24-14-6-4-2-3-5-13-23-30/h7-12,15-22,31H,2-6,13-14,23-24,30H2,1H3. The minimum Gasteiger partial charge on any atom is -0.330 e. The largest absolute Gasteiger partial charge is 0.330 e. The molecule has 3 N–H and O–H groups in total. The molecule has 0 amide bonds. The molecule has 0 aliphatic heterocycles. The minimum absolute atomic E-state index is 0.350. The molecule has 0 aromatic heterocycles. The van der Waals surface area contributed by atoms with Crippen LogP contribution in [0.5, 0.6) is 0 Å². The second-order valence-corrected chi connectivity index (χ2v) is 8.54. The van der Waals surface area contributed by atoms with Crippen molar-refractivity contribution in [3.63, 3.8) is 0 Å². The highest BCUT2D eigenvalue weighted by atomic mass is 15.0. The van der Waals surface area contributed by atoms with Crippen LogP contribution in [-0.4, -0.2) is 13.1 Å². The maximum Gasteiger partial charge on any atom is 0.0947 e. The lowest BCUT2D eigenvalue weighted by molar-refractivity contribution is 0.454. The maximum absolute atomic E-state index is 5.59. The molecule has 0 fully saturated rings. The average Bonchev–Trinajstić information content (AvgIpc) is 2.82. The normalized spacial score (nSPS) is 11.5. The van der Waals surface area contributed by atoms with Gasteiger partial charge in [0.05, 0.1) is 5.54 Å². The quantitative estimate of drug-likeness (QED) is 0.245. The summed E-state index contributed by atoms with van der Waals surface area (Å²) in [4.78, 5) is 0. The fourth-order valence-electron chi connectivity index (χ4n) is 4.42. The Morgan fingerprint density at radius 3 is 1.55 bits per heavy atom. The number of nitrogens with one attached hydrogen (secondary N) is 1. The van der Waals surface area contributed by atoms with Gasteiger partial charge in [-0.05, 0) is 49.5 Å². The van der Waals surface area contributed by atoms with E-state index in [4.69, 9.17) is 5.73 Å². The second kappa shape index (κ2) is 12.4. The SMILES string of the molecule is Cc1ccc(C(NCCCCCCCCCN)(c2ccccc2)c2ccccc2)cc1. The molecule has 2 nitrogen and oxygen atoms in total. The van der Waals surface area contributed by atoms with Crippen molar-refractivity contribution in [2.24, 2.45) is 5.73 Å². The molecular weight excluding hydrogens is 376 g/mol. The van der Waals surface area contributed by atoms with E-state index in [1.165, 1.54) is 60.8 Å². The van der Waals surface area contributed by atoms with Crippen LogP contribution in [0.15, 0.2) is 84.9 Å². The summed E-state index contributed by atoms with van der Waals surface area (Å²) in [5, 5.41) is 4.00. The highest BCUT2D eigenvalue weighted by molar-refractivity contribution is 5.49. The van der Waals surface area contributed by atoms with E-state index < -0.39 is 0 Å². The van der Waals surface area contributed by atoms with Gasteiger partial charge in [0.2, 0.25) is 0 Å². The van der Waals surface area contributed by atoms with Crippen molar-refractivity contribution >= 4 is 0 Å². The lowest BCUT2D eigenvalue weighted by atomic mass is 9.76. The molecule has 0 radical (unpaired) electrons. The fraction of sp³-hybridized carbons (Fsp3) is 0.379. The third kappa shape index (κ3) is 6.29. The summed E-state index contributed by atoms with van der Waals surface area (Å²) >= 11 is 0. The van der Waals surface area contributed by atoms with Crippen molar-refractivity contribution in [3.8, 4) is 0 Å². The van der Waals surface area contributed by atoms with Crippen molar-refractivity contribution in [2.45, 2.75) is 57.4 Å². The van der Waals surface area contributed by atoms with Gasteiger partial charge in [0.15, 0.2) is 0 Å². The van der Waals surface area contributed by atoms with Gasteiger partial charge in [-0.1, -0.05) is 123 Å². The van der Waals surface area contributed by atoms with Crippen molar-refractivity contribution in [1.29, 1.82) is 0 Å². The molecule has 0 atom stereocenters. The molecule has 164 valence electrons. The molecule has 3 aromatic carbocycles. The molecule has 3 rings (SSSR count). The molecule has 2 heteroatoms. The summed E-state index contributed by atoms with van der Waals surface area (Å²) in [6, 6.07) is 30.8. The Morgan fingerprint density at radius 1 is 0.581 bits per heavy atom. The van der Waals surface area contributed by atoms with E-state index in [2.05, 4.69) is 97.2 Å². The lowest BCUT2D eigenvalue weighted by Crippen LogP contribution is -2.45. The first-order chi connectivity index (χ1) is 15.3. The first kappa shape index (κ1) is 23.2. The Morgan fingerprint density at radius 2 is 1.03 bits per heavy atom. The molecule has 0 aliphatic rings. The topological polar surface area (TPSA) is 38.0 Å². The molecule has 31 heavy (non-hydrogen) atoms. The van der Waals surface area contributed by atoms with E-state index in [9.17, 15) is 0 Å². The number of unbranched alkanes of at least 4 members (excludes halogenated alkanes) is 6. The molecular formula is C29H38N2. The van der Waals surface area contributed by atoms with Gasteiger partial charge in [-0.2, -0.15) is 0 Å². The van der Waals surface area contributed by atoms with Gasteiger partial charge in [-0.3, -0.25) is 5.32 Å². The van der Waals surface area contributed by atoms with Gasteiger partial charge in [0.1, 0.15) is 0 Å². The van der Waals surface area contributed by atoms with Crippen LogP contribution in [0.1, 0.15) is 67.2 Å². The number of hydrogen-bond donors (Lipinski definition) is 2. The summed E-state index contributed by atoms with van der Waals surface area (Å²) in [6.45, 7) is 3.96. The maximum atomic E-state index is 5.59. The Bertz CT molecular complexity index is 817. The van der Waals surface area contributed by atoms with Gasteiger partial charge in [-0.25, -0.2) is 0 Å². The molecule has 0 spiro atoms. The Labute approximate surface area is 188 Å². The Kier molecular flexibility index (Phi) is 9.33. The lowest BCUT2D eigenvalue weighted by Gasteiger charge is -2.37. The van der Waals surface area contributed by atoms with Gasteiger partial charge in [0, 0.05) is 0 Å². The number of benzene rings is 3. The summed E-state index contributed by atoms with van der Waals surface area (Å²) in [5.74, 6) is 0. The number of aryl methyl sites for hydroxylation is 1. The Balaban J connectivity index is 1.80. The number of nitrogens with two attached hydrogens (primary N) is 1. The van der Waals surface area contributed by atoms with E-state index >= 15 is 0 Å². The summed E-state index contributed by atoms with van der Waals surface area (Å²) < 4.78 is 0. The zero-order chi connectivity index (χ0) is 21.8. The van der Waals surface area contributed by atoms with Crippen LogP contribution in [-0.2, 0) is 5.54 Å². The second-order valence-electron chi connectivity index (χ2n) is 8.54. The Hall–Kier alpha value is -2.42. The zero-order valence-electron chi connectivity index (χ0n) is 19.0. The monoisotopic (exact) mass is 414 g/mol. The minimum atomic E-state index is -0.350. The van der Waals surface area contributed by atoms with Gasteiger partial charge in [0.25, 0.3) is 0 Å². The van der Waals surface area contributed by atoms with Crippen molar-refractivity contribution < 1.29 is 0 Å². The highest BCUT2D eigenvalue weighted by Gasteiger charge is 2.35. The predicted octanol–water partition coefficient (Wildman–Crippen LogP) is 6.57. The van der Waals surface area contributed by atoms with Crippen LogP contribution in [0.2, 0.25) is 0 Å². The van der Waals surface area contributed by atoms with Crippen LogP contribution >= 0.6 is 0 Å². The van der Waals surface area contributed by atoms with Gasteiger partial charge >= 0.3 is 0 Å². The van der Waals surface area contributed by atoms with Crippen molar-refractivity contribution in [2.75, 3.05) is 13.1 Å². The van der Waals surface area contributed by atoms with E-state index in [-0.39, 0.29) is 5.54 Å². The molecule has 0 saturated heterocycles. The molecule has 0 bridgehead atoms. The van der Waals surface area contributed by atoms with Crippen LogP contribution < -0.4 is 11.1 Å². The van der Waals surface area contributed by atoms with E-state index in [0.717, 1.165) is 19.5 Å².